The summed E-state index contributed by atoms with van der Waals surface area (Å²) in [6, 6.07) is 10.3. The Morgan fingerprint density at radius 2 is 1.54 bits per heavy atom. The van der Waals surface area contributed by atoms with Crippen molar-refractivity contribution in [1.82, 2.24) is 0 Å². The Bertz CT molecular complexity index is 684. The first kappa shape index (κ1) is 20.6. The lowest BCUT2D eigenvalue weighted by molar-refractivity contribution is -0.131. The SMILES string of the molecule is N#Cc1ccc(CCC2CCC(C3CCC(C/C=C/C(=O)O)CC3)CC2)cc1. The van der Waals surface area contributed by atoms with Crippen molar-refractivity contribution in [2.75, 3.05) is 0 Å². The summed E-state index contributed by atoms with van der Waals surface area (Å²) in [6.07, 6.45) is 17.2. The van der Waals surface area contributed by atoms with Gasteiger partial charge in [-0.1, -0.05) is 31.1 Å². The average molecular weight is 380 g/mol. The third-order valence-electron chi connectivity index (χ3n) is 7.10. The fourth-order valence-electron chi connectivity index (χ4n) is 5.32. The molecule has 2 fully saturated rings. The molecule has 3 heteroatoms. The molecule has 0 unspecified atom stereocenters. The Morgan fingerprint density at radius 1 is 0.964 bits per heavy atom. The third-order valence-corrected chi connectivity index (χ3v) is 7.10. The summed E-state index contributed by atoms with van der Waals surface area (Å²) in [5.41, 5.74) is 2.10. The minimum absolute atomic E-state index is 0.690. The maximum absolute atomic E-state index is 10.6. The zero-order chi connectivity index (χ0) is 19.8. The van der Waals surface area contributed by atoms with E-state index < -0.39 is 5.97 Å². The molecule has 0 spiro atoms. The van der Waals surface area contributed by atoms with Gasteiger partial charge in [-0.15, -0.1) is 0 Å². The van der Waals surface area contributed by atoms with E-state index in [1.54, 1.807) is 0 Å². The second-order valence-electron chi connectivity index (χ2n) is 8.89. The summed E-state index contributed by atoms with van der Waals surface area (Å²) >= 11 is 0. The summed E-state index contributed by atoms with van der Waals surface area (Å²) in [6.45, 7) is 0. The zero-order valence-corrected chi connectivity index (χ0v) is 16.9. The predicted octanol–water partition coefficient (Wildman–Crippen LogP) is 6.13. The van der Waals surface area contributed by atoms with Crippen LogP contribution < -0.4 is 0 Å². The molecular weight excluding hydrogens is 346 g/mol. The molecular formula is C25H33NO2. The van der Waals surface area contributed by atoms with Crippen molar-refractivity contribution >= 4 is 5.97 Å². The Balaban J connectivity index is 1.34. The van der Waals surface area contributed by atoms with Crippen molar-refractivity contribution in [1.29, 1.82) is 5.26 Å². The number of benzene rings is 1. The summed E-state index contributed by atoms with van der Waals surface area (Å²) in [7, 11) is 0. The summed E-state index contributed by atoms with van der Waals surface area (Å²) < 4.78 is 0. The van der Waals surface area contributed by atoms with E-state index in [0.29, 0.717) is 5.92 Å². The highest BCUT2D eigenvalue weighted by molar-refractivity contribution is 5.79. The summed E-state index contributed by atoms with van der Waals surface area (Å²) in [4.78, 5) is 10.6. The van der Waals surface area contributed by atoms with Crippen molar-refractivity contribution in [3.05, 3.63) is 47.5 Å². The lowest BCUT2D eigenvalue weighted by Crippen LogP contribution is -2.26. The van der Waals surface area contributed by atoms with Gasteiger partial charge in [0.25, 0.3) is 0 Å². The van der Waals surface area contributed by atoms with E-state index in [0.717, 1.165) is 36.2 Å². The Morgan fingerprint density at radius 3 is 2.07 bits per heavy atom. The fourth-order valence-corrected chi connectivity index (χ4v) is 5.32. The monoisotopic (exact) mass is 379 g/mol. The van der Waals surface area contributed by atoms with Crippen molar-refractivity contribution in [2.24, 2.45) is 23.7 Å². The smallest absolute Gasteiger partial charge is 0.327 e. The largest absolute Gasteiger partial charge is 0.478 e. The number of aryl methyl sites for hydroxylation is 1. The topological polar surface area (TPSA) is 61.1 Å². The first-order valence-electron chi connectivity index (χ1n) is 11.0. The van der Waals surface area contributed by atoms with E-state index in [9.17, 15) is 4.79 Å². The van der Waals surface area contributed by atoms with Crippen LogP contribution in [0.3, 0.4) is 0 Å². The van der Waals surface area contributed by atoms with Crippen LogP contribution in [-0.2, 0) is 11.2 Å². The molecule has 1 aromatic rings. The van der Waals surface area contributed by atoms with Crippen molar-refractivity contribution in [3.63, 3.8) is 0 Å². The van der Waals surface area contributed by atoms with Gasteiger partial charge in [-0.2, -0.15) is 5.26 Å². The van der Waals surface area contributed by atoms with Crippen LogP contribution in [0, 0.1) is 35.0 Å². The molecule has 0 saturated heterocycles. The second-order valence-corrected chi connectivity index (χ2v) is 8.89. The molecule has 3 rings (SSSR count). The maximum Gasteiger partial charge on any atom is 0.327 e. The Hall–Kier alpha value is -2.08. The minimum Gasteiger partial charge on any atom is -0.478 e. The minimum atomic E-state index is -0.829. The molecule has 0 amide bonds. The van der Waals surface area contributed by atoms with Crippen molar-refractivity contribution in [2.45, 2.75) is 70.6 Å². The van der Waals surface area contributed by atoms with Gasteiger partial charge in [-0.3, -0.25) is 0 Å². The van der Waals surface area contributed by atoms with Gasteiger partial charge in [0.05, 0.1) is 11.6 Å². The summed E-state index contributed by atoms with van der Waals surface area (Å²) in [5, 5.41) is 17.6. The van der Waals surface area contributed by atoms with E-state index in [4.69, 9.17) is 10.4 Å². The molecule has 0 heterocycles. The van der Waals surface area contributed by atoms with Crippen LogP contribution in [0.2, 0.25) is 0 Å². The molecule has 2 aliphatic rings. The first-order valence-corrected chi connectivity index (χ1v) is 11.0. The number of allylic oxidation sites excluding steroid dienone is 1. The first-order chi connectivity index (χ1) is 13.6. The van der Waals surface area contributed by atoms with Gasteiger partial charge < -0.3 is 5.11 Å². The Labute approximate surface area is 169 Å². The summed E-state index contributed by atoms with van der Waals surface area (Å²) in [5.74, 6) is 2.55. The highest BCUT2D eigenvalue weighted by Crippen LogP contribution is 2.42. The van der Waals surface area contributed by atoms with Gasteiger partial charge in [-0.05, 0) is 99.2 Å². The highest BCUT2D eigenvalue weighted by Gasteiger charge is 2.30. The molecule has 0 radical (unpaired) electrons. The molecule has 0 aromatic heterocycles. The molecule has 28 heavy (non-hydrogen) atoms. The van der Waals surface area contributed by atoms with Crippen LogP contribution in [0.25, 0.3) is 0 Å². The lowest BCUT2D eigenvalue weighted by Gasteiger charge is -2.37. The zero-order valence-electron chi connectivity index (χ0n) is 16.9. The van der Waals surface area contributed by atoms with Crippen molar-refractivity contribution < 1.29 is 9.90 Å². The highest BCUT2D eigenvalue weighted by atomic mass is 16.4. The van der Waals surface area contributed by atoms with Crippen LogP contribution in [-0.4, -0.2) is 11.1 Å². The molecule has 150 valence electrons. The van der Waals surface area contributed by atoms with Crippen LogP contribution in [0.4, 0.5) is 0 Å². The number of aliphatic carboxylic acids is 1. The normalized spacial score (nSPS) is 28.1. The van der Waals surface area contributed by atoms with Crippen molar-refractivity contribution in [3.8, 4) is 6.07 Å². The molecule has 1 N–H and O–H groups in total. The quantitative estimate of drug-likeness (QED) is 0.579. The molecule has 1 aromatic carbocycles. The van der Waals surface area contributed by atoms with E-state index >= 15 is 0 Å². The number of hydrogen-bond donors (Lipinski definition) is 1. The van der Waals surface area contributed by atoms with E-state index in [1.165, 1.54) is 69.4 Å². The van der Waals surface area contributed by atoms with E-state index in [2.05, 4.69) is 18.2 Å². The Kier molecular flexibility index (Phi) is 7.71. The number of nitrogens with zero attached hydrogens (tertiary/aromatic N) is 1. The van der Waals surface area contributed by atoms with Gasteiger partial charge >= 0.3 is 5.97 Å². The number of carboxylic acids is 1. The van der Waals surface area contributed by atoms with E-state index in [-0.39, 0.29) is 0 Å². The maximum atomic E-state index is 10.6. The molecule has 2 aliphatic carbocycles. The number of rotatable bonds is 7. The molecule has 3 nitrogen and oxygen atoms in total. The van der Waals surface area contributed by atoms with Crippen LogP contribution in [0.1, 0.15) is 75.3 Å². The standard InChI is InChI=1S/C25H33NO2/c26-18-22-8-6-20(7-9-22)4-5-21-12-16-24(17-13-21)23-14-10-19(11-15-23)2-1-3-25(27)28/h1,3,6-9,19,21,23-24H,2,4-5,10-17H2,(H,27,28)/b3-1+. The molecule has 0 atom stereocenters. The number of hydrogen-bond acceptors (Lipinski definition) is 2. The van der Waals surface area contributed by atoms with Crippen LogP contribution >= 0.6 is 0 Å². The predicted molar refractivity (Wildman–Crippen MR) is 112 cm³/mol. The van der Waals surface area contributed by atoms with Gasteiger partial charge in [0.2, 0.25) is 0 Å². The third kappa shape index (κ3) is 6.23. The second kappa shape index (κ2) is 10.5. The van der Waals surface area contributed by atoms with E-state index in [1.807, 2.05) is 18.2 Å². The van der Waals surface area contributed by atoms with Gasteiger partial charge in [0, 0.05) is 6.08 Å². The number of nitriles is 1. The van der Waals surface area contributed by atoms with Gasteiger partial charge in [-0.25, -0.2) is 4.79 Å². The van der Waals surface area contributed by atoms with Crippen LogP contribution in [0.15, 0.2) is 36.4 Å². The van der Waals surface area contributed by atoms with Crippen LogP contribution in [0.5, 0.6) is 0 Å². The fraction of sp³-hybridized carbons (Fsp3) is 0.600. The number of carbonyl (C=O) groups is 1. The molecule has 0 bridgehead atoms. The lowest BCUT2D eigenvalue weighted by atomic mass is 9.68. The number of carboxylic acid groups (broad SMARTS) is 1. The average Bonchev–Trinajstić information content (AvgIpc) is 2.73. The molecule has 2 saturated carbocycles. The van der Waals surface area contributed by atoms with Gasteiger partial charge in [0.1, 0.15) is 0 Å². The molecule has 0 aliphatic heterocycles. The van der Waals surface area contributed by atoms with Gasteiger partial charge in [0.15, 0.2) is 0 Å².